The maximum absolute atomic E-state index is 12.4. The lowest BCUT2D eigenvalue weighted by atomic mass is 10.1. The Morgan fingerprint density at radius 2 is 1.90 bits per heavy atom. The number of aliphatic hydroxyl groups is 1. The molecule has 0 saturated heterocycles. The van der Waals surface area contributed by atoms with Crippen molar-refractivity contribution in [3.8, 4) is 0 Å². The van der Waals surface area contributed by atoms with Crippen molar-refractivity contribution in [1.29, 1.82) is 0 Å². The van der Waals surface area contributed by atoms with Crippen molar-refractivity contribution in [3.63, 3.8) is 0 Å². The van der Waals surface area contributed by atoms with E-state index in [0.29, 0.717) is 10.2 Å². The number of nitrogens with one attached hydrogen (secondary N) is 1. The average molecular weight is 455 g/mol. The quantitative estimate of drug-likeness (QED) is 0.704. The van der Waals surface area contributed by atoms with Crippen LogP contribution in [-0.4, -0.2) is 26.2 Å². The summed E-state index contributed by atoms with van der Waals surface area (Å²) >= 11 is 7.78. The third-order valence-electron chi connectivity index (χ3n) is 2.78. The minimum Gasteiger partial charge on any atom is -0.395 e. The van der Waals surface area contributed by atoms with Gasteiger partial charge >= 0.3 is 0 Å². The van der Waals surface area contributed by atoms with Crippen LogP contribution in [0.2, 0.25) is 0 Å². The summed E-state index contributed by atoms with van der Waals surface area (Å²) in [6.45, 7) is -0.267. The topological polar surface area (TPSA) is 66.4 Å². The average Bonchev–Trinajstić information content (AvgIpc) is 2.79. The molecular weight excluding hydrogens is 442 g/mol. The summed E-state index contributed by atoms with van der Waals surface area (Å²) in [7, 11) is -3.68. The Balaban J connectivity index is 2.16. The maximum atomic E-state index is 12.4. The summed E-state index contributed by atoms with van der Waals surface area (Å²) in [4.78, 5) is 0.172. The van der Waals surface area contributed by atoms with Crippen molar-refractivity contribution < 1.29 is 13.5 Å². The SMILES string of the molecule is O=S(=O)(N[C@H](CO)Cc1ccccc1)c1cc(Br)sc1Br. The highest BCUT2D eigenvalue weighted by molar-refractivity contribution is 9.12. The fourth-order valence-electron chi connectivity index (χ4n) is 1.83. The smallest absolute Gasteiger partial charge is 0.242 e. The van der Waals surface area contributed by atoms with E-state index in [-0.39, 0.29) is 11.5 Å². The zero-order valence-electron chi connectivity index (χ0n) is 10.8. The molecule has 0 unspecified atom stereocenters. The van der Waals surface area contributed by atoms with E-state index in [1.165, 1.54) is 17.4 Å². The van der Waals surface area contributed by atoms with Crippen LogP contribution in [0.5, 0.6) is 0 Å². The Morgan fingerprint density at radius 3 is 2.43 bits per heavy atom. The van der Waals surface area contributed by atoms with Gasteiger partial charge in [0.1, 0.15) is 4.90 Å². The minimum absolute atomic E-state index is 0.172. The van der Waals surface area contributed by atoms with E-state index >= 15 is 0 Å². The second kappa shape index (κ2) is 7.34. The number of hydrogen-bond donors (Lipinski definition) is 2. The molecule has 0 radical (unpaired) electrons. The first-order chi connectivity index (χ1) is 9.92. The maximum Gasteiger partial charge on any atom is 0.242 e. The predicted molar refractivity (Wildman–Crippen MR) is 91.1 cm³/mol. The first-order valence-corrected chi connectivity index (χ1v) is 9.93. The van der Waals surface area contributed by atoms with Crippen molar-refractivity contribution in [2.24, 2.45) is 0 Å². The summed E-state index contributed by atoms with van der Waals surface area (Å²) in [5, 5.41) is 9.43. The first kappa shape index (κ1) is 17.1. The molecule has 4 nitrogen and oxygen atoms in total. The molecule has 1 heterocycles. The zero-order valence-corrected chi connectivity index (χ0v) is 15.6. The number of benzene rings is 1. The van der Waals surface area contributed by atoms with E-state index in [4.69, 9.17) is 0 Å². The number of rotatable bonds is 6. The Kier molecular flexibility index (Phi) is 5.98. The molecule has 2 aromatic rings. The molecule has 1 aromatic carbocycles. The van der Waals surface area contributed by atoms with Crippen LogP contribution in [-0.2, 0) is 16.4 Å². The van der Waals surface area contributed by atoms with Gasteiger partial charge in [-0.25, -0.2) is 13.1 Å². The number of hydrogen-bond acceptors (Lipinski definition) is 4. The zero-order chi connectivity index (χ0) is 15.5. The molecule has 1 atom stereocenters. The van der Waals surface area contributed by atoms with Crippen LogP contribution in [0.1, 0.15) is 5.56 Å². The van der Waals surface area contributed by atoms with E-state index < -0.39 is 16.1 Å². The van der Waals surface area contributed by atoms with E-state index in [0.717, 1.165) is 9.35 Å². The molecule has 8 heteroatoms. The summed E-state index contributed by atoms with van der Waals surface area (Å²) < 4.78 is 28.5. The van der Waals surface area contributed by atoms with Gasteiger partial charge in [0, 0.05) is 6.04 Å². The molecule has 2 rings (SSSR count). The third-order valence-corrected chi connectivity index (χ3v) is 7.06. The predicted octanol–water partition coefficient (Wildman–Crippen LogP) is 3.16. The summed E-state index contributed by atoms with van der Waals surface area (Å²) in [5.74, 6) is 0. The van der Waals surface area contributed by atoms with E-state index in [1.54, 1.807) is 0 Å². The lowest BCUT2D eigenvalue weighted by molar-refractivity contribution is 0.256. The van der Waals surface area contributed by atoms with Crippen molar-refractivity contribution in [3.05, 3.63) is 49.5 Å². The molecule has 0 aliphatic heterocycles. The van der Waals surface area contributed by atoms with Gasteiger partial charge in [-0.3, -0.25) is 0 Å². The van der Waals surface area contributed by atoms with Gasteiger partial charge in [-0.05, 0) is 49.9 Å². The molecule has 114 valence electrons. The minimum atomic E-state index is -3.68. The van der Waals surface area contributed by atoms with Gasteiger partial charge in [0.05, 0.1) is 14.2 Å². The fourth-order valence-corrected chi connectivity index (χ4v) is 6.87. The lowest BCUT2D eigenvalue weighted by Crippen LogP contribution is -2.39. The van der Waals surface area contributed by atoms with Crippen LogP contribution in [0.3, 0.4) is 0 Å². The standard InChI is InChI=1S/C13H13Br2NO3S2/c14-12-7-11(13(15)20-12)21(18,19)16-10(8-17)6-9-4-2-1-3-5-9/h1-5,7,10,16-17H,6,8H2/t10-/m0/s1. The number of sulfonamides is 1. The molecule has 1 aromatic heterocycles. The molecular formula is C13H13Br2NO3S2. The molecule has 0 aliphatic carbocycles. The first-order valence-electron chi connectivity index (χ1n) is 6.04. The van der Waals surface area contributed by atoms with Gasteiger partial charge in [-0.1, -0.05) is 30.3 Å². The second-order valence-electron chi connectivity index (χ2n) is 4.38. The van der Waals surface area contributed by atoms with Gasteiger partial charge in [0.25, 0.3) is 0 Å². The summed E-state index contributed by atoms with van der Waals surface area (Å²) in [5.41, 5.74) is 0.963. The molecule has 0 amide bonds. The van der Waals surface area contributed by atoms with Crippen LogP contribution in [0.25, 0.3) is 0 Å². The molecule has 0 bridgehead atoms. The number of thiophene rings is 1. The summed E-state index contributed by atoms with van der Waals surface area (Å²) in [6, 6.07) is 10.4. The second-order valence-corrected chi connectivity index (χ2v) is 9.81. The van der Waals surface area contributed by atoms with Crippen LogP contribution in [0.4, 0.5) is 0 Å². The monoisotopic (exact) mass is 453 g/mol. The Labute approximate surface area is 144 Å². The van der Waals surface area contributed by atoms with Crippen LogP contribution in [0.15, 0.2) is 48.9 Å². The highest BCUT2D eigenvalue weighted by Gasteiger charge is 2.24. The largest absolute Gasteiger partial charge is 0.395 e. The van der Waals surface area contributed by atoms with Gasteiger partial charge in [-0.15, -0.1) is 11.3 Å². The molecule has 0 saturated carbocycles. The van der Waals surface area contributed by atoms with Gasteiger partial charge in [-0.2, -0.15) is 0 Å². The van der Waals surface area contributed by atoms with E-state index in [2.05, 4.69) is 36.6 Å². The molecule has 0 fully saturated rings. The third kappa shape index (κ3) is 4.61. The molecule has 0 aliphatic rings. The van der Waals surface area contributed by atoms with Crippen LogP contribution >= 0.6 is 43.2 Å². The van der Waals surface area contributed by atoms with Gasteiger partial charge in [0.15, 0.2) is 0 Å². The normalized spacial score (nSPS) is 13.3. The van der Waals surface area contributed by atoms with Gasteiger partial charge in [0.2, 0.25) is 10.0 Å². The lowest BCUT2D eigenvalue weighted by Gasteiger charge is -2.16. The van der Waals surface area contributed by atoms with E-state index in [9.17, 15) is 13.5 Å². The van der Waals surface area contributed by atoms with Crippen LogP contribution in [0, 0.1) is 0 Å². The molecule has 21 heavy (non-hydrogen) atoms. The van der Waals surface area contributed by atoms with Crippen LogP contribution < -0.4 is 4.72 Å². The van der Waals surface area contributed by atoms with Crippen molar-refractivity contribution in [2.45, 2.75) is 17.4 Å². The summed E-state index contributed by atoms with van der Waals surface area (Å²) in [6.07, 6.45) is 0.430. The molecule has 2 N–H and O–H groups in total. The van der Waals surface area contributed by atoms with Crippen molar-refractivity contribution >= 4 is 53.2 Å². The number of aliphatic hydroxyl groups excluding tert-OH is 1. The highest BCUT2D eigenvalue weighted by Crippen LogP contribution is 2.34. The molecule has 0 spiro atoms. The Hall–Kier alpha value is -0.250. The van der Waals surface area contributed by atoms with Gasteiger partial charge < -0.3 is 5.11 Å². The van der Waals surface area contributed by atoms with E-state index in [1.807, 2.05) is 30.3 Å². The van der Waals surface area contributed by atoms with Crippen molar-refractivity contribution in [1.82, 2.24) is 4.72 Å². The Morgan fingerprint density at radius 1 is 1.24 bits per heavy atom. The number of halogens is 2. The highest BCUT2D eigenvalue weighted by atomic mass is 79.9. The fraction of sp³-hybridized carbons (Fsp3) is 0.231. The Bertz CT molecular complexity index is 701. The van der Waals surface area contributed by atoms with Crippen molar-refractivity contribution in [2.75, 3.05) is 6.61 Å².